The normalized spacial score (nSPS) is 10.4. The Labute approximate surface area is 162 Å². The third-order valence-electron chi connectivity index (χ3n) is 3.98. The molecule has 140 valence electrons. The van der Waals surface area contributed by atoms with E-state index in [4.69, 9.17) is 4.74 Å². The largest absolute Gasteiger partial charge is 0.495 e. The van der Waals surface area contributed by atoms with E-state index < -0.39 is 0 Å². The molecule has 0 unspecified atom stereocenters. The minimum absolute atomic E-state index is 0.230. The fourth-order valence-electron chi connectivity index (χ4n) is 2.58. The van der Waals surface area contributed by atoms with Crippen molar-refractivity contribution in [2.24, 2.45) is 0 Å². The van der Waals surface area contributed by atoms with E-state index in [9.17, 15) is 4.79 Å². The maximum Gasteiger partial charge on any atom is 0.259 e. The first-order valence-electron chi connectivity index (χ1n) is 8.84. The van der Waals surface area contributed by atoms with E-state index in [0.29, 0.717) is 22.1 Å². The molecule has 0 aliphatic heterocycles. The Bertz CT molecular complexity index is 910. The van der Waals surface area contributed by atoms with E-state index in [-0.39, 0.29) is 5.91 Å². The standard InChI is InChI=1S/C20H22N4O2S/c1-3-4-13-18-23-24-20(27-18)22-19(25)14-9-5-6-10-15(14)21-16-11-7-8-12-17(16)26-2/h5-12,21H,3-4,13H2,1-2H3,(H,22,24,25). The molecule has 1 aromatic heterocycles. The molecule has 0 fully saturated rings. The zero-order valence-electron chi connectivity index (χ0n) is 15.4. The van der Waals surface area contributed by atoms with Crippen molar-refractivity contribution in [2.45, 2.75) is 26.2 Å². The number of aromatic nitrogens is 2. The van der Waals surface area contributed by atoms with E-state index in [2.05, 4.69) is 27.8 Å². The molecule has 0 aliphatic carbocycles. The molecule has 0 bridgehead atoms. The molecule has 2 aromatic carbocycles. The summed E-state index contributed by atoms with van der Waals surface area (Å²) in [4.78, 5) is 12.8. The second-order valence-electron chi connectivity index (χ2n) is 5.93. The number of carbonyl (C=O) groups excluding carboxylic acids is 1. The Kier molecular flexibility index (Phi) is 6.38. The summed E-state index contributed by atoms with van der Waals surface area (Å²) in [5.74, 6) is 0.476. The average Bonchev–Trinajstić information content (AvgIpc) is 3.14. The second kappa shape index (κ2) is 9.14. The fourth-order valence-corrected chi connectivity index (χ4v) is 3.36. The van der Waals surface area contributed by atoms with Gasteiger partial charge >= 0.3 is 0 Å². The third kappa shape index (κ3) is 4.83. The van der Waals surface area contributed by atoms with Crippen molar-refractivity contribution in [3.63, 3.8) is 0 Å². The maximum absolute atomic E-state index is 12.8. The number of methoxy groups -OCH3 is 1. The minimum Gasteiger partial charge on any atom is -0.495 e. The van der Waals surface area contributed by atoms with E-state index >= 15 is 0 Å². The van der Waals surface area contributed by atoms with Gasteiger partial charge < -0.3 is 10.1 Å². The van der Waals surface area contributed by atoms with E-state index in [1.54, 1.807) is 13.2 Å². The van der Waals surface area contributed by atoms with Crippen LogP contribution in [0, 0.1) is 0 Å². The van der Waals surface area contributed by atoms with Gasteiger partial charge in [-0.1, -0.05) is 48.9 Å². The molecule has 0 spiro atoms. The number of benzene rings is 2. The monoisotopic (exact) mass is 382 g/mol. The van der Waals surface area contributed by atoms with Crippen LogP contribution < -0.4 is 15.4 Å². The quantitative estimate of drug-likeness (QED) is 0.580. The van der Waals surface area contributed by atoms with Gasteiger partial charge in [0, 0.05) is 6.42 Å². The van der Waals surface area contributed by atoms with Crippen LogP contribution in [0.3, 0.4) is 0 Å². The summed E-state index contributed by atoms with van der Waals surface area (Å²) in [6.07, 6.45) is 3.05. The van der Waals surface area contributed by atoms with Gasteiger partial charge in [-0.05, 0) is 30.7 Å². The molecule has 0 atom stereocenters. The zero-order chi connectivity index (χ0) is 19.1. The van der Waals surface area contributed by atoms with Crippen LogP contribution >= 0.6 is 11.3 Å². The first kappa shape index (κ1) is 18.8. The number of hydrogen-bond donors (Lipinski definition) is 2. The molecule has 0 saturated heterocycles. The number of hydrogen-bond acceptors (Lipinski definition) is 6. The van der Waals surface area contributed by atoms with Crippen LogP contribution in [0.15, 0.2) is 48.5 Å². The Hall–Kier alpha value is -2.93. The van der Waals surface area contributed by atoms with Crippen molar-refractivity contribution in [1.29, 1.82) is 0 Å². The number of rotatable bonds is 8. The molecule has 3 rings (SSSR count). The highest BCUT2D eigenvalue weighted by Gasteiger charge is 2.15. The van der Waals surface area contributed by atoms with Gasteiger partial charge in [-0.15, -0.1) is 10.2 Å². The molecule has 2 N–H and O–H groups in total. The lowest BCUT2D eigenvalue weighted by Crippen LogP contribution is -2.13. The molecule has 0 aliphatic rings. The lowest BCUT2D eigenvalue weighted by molar-refractivity contribution is 0.102. The number of para-hydroxylation sites is 3. The molecule has 1 heterocycles. The lowest BCUT2D eigenvalue weighted by Gasteiger charge is -2.14. The summed E-state index contributed by atoms with van der Waals surface area (Å²) in [5, 5.41) is 15.8. The summed E-state index contributed by atoms with van der Waals surface area (Å²) in [6, 6.07) is 14.9. The minimum atomic E-state index is -0.230. The van der Waals surface area contributed by atoms with Gasteiger partial charge in [-0.2, -0.15) is 0 Å². The first-order chi connectivity index (χ1) is 13.2. The van der Waals surface area contributed by atoms with E-state index in [0.717, 1.165) is 30.0 Å². The van der Waals surface area contributed by atoms with Crippen molar-refractivity contribution >= 4 is 33.8 Å². The molecule has 27 heavy (non-hydrogen) atoms. The summed E-state index contributed by atoms with van der Waals surface area (Å²) in [5.41, 5.74) is 2.00. The average molecular weight is 382 g/mol. The van der Waals surface area contributed by atoms with E-state index in [1.165, 1.54) is 11.3 Å². The van der Waals surface area contributed by atoms with Crippen molar-refractivity contribution in [3.05, 3.63) is 59.1 Å². The van der Waals surface area contributed by atoms with Crippen LogP contribution in [0.2, 0.25) is 0 Å². The van der Waals surface area contributed by atoms with Gasteiger partial charge in [0.05, 0.1) is 24.0 Å². The topological polar surface area (TPSA) is 76.1 Å². The van der Waals surface area contributed by atoms with Crippen molar-refractivity contribution in [3.8, 4) is 5.75 Å². The number of anilines is 3. The van der Waals surface area contributed by atoms with Crippen molar-refractivity contribution in [1.82, 2.24) is 10.2 Å². The molecule has 0 radical (unpaired) electrons. The summed E-state index contributed by atoms with van der Waals surface area (Å²) < 4.78 is 5.37. The van der Waals surface area contributed by atoms with Crippen LogP contribution in [-0.4, -0.2) is 23.2 Å². The number of aryl methyl sites for hydroxylation is 1. The number of nitrogens with one attached hydrogen (secondary N) is 2. The third-order valence-corrected chi connectivity index (χ3v) is 4.88. The second-order valence-corrected chi connectivity index (χ2v) is 6.99. The Morgan fingerprint density at radius 3 is 2.59 bits per heavy atom. The number of ether oxygens (including phenoxy) is 1. The SMILES string of the molecule is CCCCc1nnc(NC(=O)c2ccccc2Nc2ccccc2OC)s1. The molecular formula is C20H22N4O2S. The number of unbranched alkanes of at least 4 members (excludes halogenated alkanes) is 1. The van der Waals surface area contributed by atoms with Crippen LogP contribution in [0.5, 0.6) is 5.75 Å². The molecule has 3 aromatic rings. The highest BCUT2D eigenvalue weighted by Crippen LogP contribution is 2.29. The van der Waals surface area contributed by atoms with Crippen LogP contribution in [0.4, 0.5) is 16.5 Å². The summed E-state index contributed by atoms with van der Waals surface area (Å²) in [7, 11) is 1.62. The molecule has 6 nitrogen and oxygen atoms in total. The van der Waals surface area contributed by atoms with Gasteiger partial charge in [0.1, 0.15) is 10.8 Å². The molecule has 0 saturated carbocycles. The van der Waals surface area contributed by atoms with Gasteiger partial charge in [0.15, 0.2) is 0 Å². The van der Waals surface area contributed by atoms with Gasteiger partial charge in [0.2, 0.25) is 5.13 Å². The summed E-state index contributed by atoms with van der Waals surface area (Å²) >= 11 is 1.42. The predicted octanol–water partition coefficient (Wildman–Crippen LogP) is 4.89. The van der Waals surface area contributed by atoms with Crippen LogP contribution in [-0.2, 0) is 6.42 Å². The Morgan fingerprint density at radius 1 is 1.07 bits per heavy atom. The summed E-state index contributed by atoms with van der Waals surface area (Å²) in [6.45, 7) is 2.13. The van der Waals surface area contributed by atoms with Crippen LogP contribution in [0.1, 0.15) is 35.1 Å². The Morgan fingerprint density at radius 2 is 1.81 bits per heavy atom. The number of carbonyl (C=O) groups is 1. The van der Waals surface area contributed by atoms with Crippen molar-refractivity contribution < 1.29 is 9.53 Å². The highest BCUT2D eigenvalue weighted by atomic mass is 32.1. The zero-order valence-corrected chi connectivity index (χ0v) is 16.2. The van der Waals surface area contributed by atoms with Gasteiger partial charge in [-0.25, -0.2) is 0 Å². The molecular weight excluding hydrogens is 360 g/mol. The highest BCUT2D eigenvalue weighted by molar-refractivity contribution is 7.15. The van der Waals surface area contributed by atoms with Crippen molar-refractivity contribution in [2.75, 3.05) is 17.7 Å². The predicted molar refractivity (Wildman–Crippen MR) is 109 cm³/mol. The van der Waals surface area contributed by atoms with E-state index in [1.807, 2.05) is 42.5 Å². The lowest BCUT2D eigenvalue weighted by atomic mass is 10.1. The Balaban J connectivity index is 1.76. The van der Waals surface area contributed by atoms with Crippen LogP contribution in [0.25, 0.3) is 0 Å². The fraction of sp³-hybridized carbons (Fsp3) is 0.250. The van der Waals surface area contributed by atoms with Gasteiger partial charge in [-0.3, -0.25) is 10.1 Å². The molecule has 7 heteroatoms. The number of nitrogens with zero attached hydrogens (tertiary/aromatic N) is 2. The molecule has 1 amide bonds. The smallest absolute Gasteiger partial charge is 0.259 e. The first-order valence-corrected chi connectivity index (χ1v) is 9.65. The van der Waals surface area contributed by atoms with Gasteiger partial charge in [0.25, 0.3) is 5.91 Å². The maximum atomic E-state index is 12.8. The number of amides is 1.